The smallest absolute Gasteiger partial charge is 0.280 e. The number of rotatable bonds is 9. The average molecular weight is 926 g/mol. The Kier molecular flexibility index (Phi) is 13.7. The molecule has 19 nitrogen and oxygen atoms in total. The molecule has 354 valence electrons. The van der Waals surface area contributed by atoms with Crippen molar-refractivity contribution in [2.75, 3.05) is 82.9 Å². The first-order valence-electron chi connectivity index (χ1n) is 23.2. The van der Waals surface area contributed by atoms with Crippen LogP contribution in [0.2, 0.25) is 0 Å². The van der Waals surface area contributed by atoms with E-state index in [0.717, 1.165) is 78.8 Å². The minimum atomic E-state index is -1.06. The lowest BCUT2D eigenvalue weighted by Gasteiger charge is -2.34. The number of nitrogens with one attached hydrogen (secondary N) is 3. The molecule has 4 atom stereocenters. The molecule has 19 heteroatoms. The third kappa shape index (κ3) is 10.0. The van der Waals surface area contributed by atoms with E-state index in [1.807, 2.05) is 25.2 Å². The van der Waals surface area contributed by atoms with Gasteiger partial charge in [0.2, 0.25) is 23.7 Å². The van der Waals surface area contributed by atoms with E-state index in [1.165, 1.54) is 6.07 Å². The summed E-state index contributed by atoms with van der Waals surface area (Å²) in [6.45, 7) is 9.98. The van der Waals surface area contributed by atoms with Crippen molar-refractivity contribution in [2.24, 2.45) is 16.0 Å². The van der Waals surface area contributed by atoms with E-state index in [9.17, 15) is 28.8 Å². The number of carbonyl (C=O) groups excluding carboxylic acids is 6. The number of pyridine rings is 1. The van der Waals surface area contributed by atoms with Crippen LogP contribution in [0.1, 0.15) is 92.1 Å². The normalized spacial score (nSPS) is 23.8. The summed E-state index contributed by atoms with van der Waals surface area (Å²) < 4.78 is 12.0. The summed E-state index contributed by atoms with van der Waals surface area (Å²) in [5.74, 6) is 3.60. The van der Waals surface area contributed by atoms with Gasteiger partial charge < -0.3 is 25.0 Å². The summed E-state index contributed by atoms with van der Waals surface area (Å²) in [5.41, 5.74) is 5.57. The number of guanidine groups is 1. The predicted molar refractivity (Wildman–Crippen MR) is 251 cm³/mol. The van der Waals surface area contributed by atoms with E-state index in [2.05, 4.69) is 77.7 Å². The molecule has 2 fully saturated rings. The summed E-state index contributed by atoms with van der Waals surface area (Å²) in [7, 11) is 1.89. The van der Waals surface area contributed by atoms with Crippen LogP contribution in [0.5, 0.6) is 0 Å². The number of fused-ring (bicyclic) bond motifs is 8. The lowest BCUT2D eigenvalue weighted by atomic mass is 10.0. The Morgan fingerprint density at radius 1 is 0.985 bits per heavy atom. The fourth-order valence-electron chi connectivity index (χ4n) is 9.51. The molecule has 0 aliphatic carbocycles. The second kappa shape index (κ2) is 20.2. The van der Waals surface area contributed by atoms with Crippen molar-refractivity contribution >= 4 is 59.0 Å². The molecule has 3 unspecified atom stereocenters. The third-order valence-electron chi connectivity index (χ3n) is 13.0. The van der Waals surface area contributed by atoms with Gasteiger partial charge in [-0.05, 0) is 74.1 Å². The zero-order valence-electron chi connectivity index (χ0n) is 38.5. The number of benzene rings is 2. The van der Waals surface area contributed by atoms with E-state index in [4.69, 9.17) is 14.5 Å². The highest BCUT2D eigenvalue weighted by Crippen LogP contribution is 2.36. The number of anilines is 2. The first-order chi connectivity index (χ1) is 32.9. The van der Waals surface area contributed by atoms with Crippen LogP contribution in [0.4, 0.5) is 11.4 Å². The number of piperazine rings is 1. The Labute approximate surface area is 394 Å². The first-order valence-corrected chi connectivity index (χ1v) is 23.2. The zero-order chi connectivity index (χ0) is 47.5. The molecule has 2 bridgehead atoms. The van der Waals surface area contributed by atoms with Gasteiger partial charge in [-0.2, -0.15) is 10.1 Å². The van der Waals surface area contributed by atoms with Crippen molar-refractivity contribution in [2.45, 2.75) is 64.3 Å². The van der Waals surface area contributed by atoms with E-state index >= 15 is 0 Å². The van der Waals surface area contributed by atoms with Crippen LogP contribution in [-0.4, -0.2) is 157 Å². The van der Waals surface area contributed by atoms with Crippen LogP contribution in [0.15, 0.2) is 58.6 Å². The Morgan fingerprint density at radius 3 is 2.63 bits per heavy atom. The molecule has 68 heavy (non-hydrogen) atoms. The quantitative estimate of drug-likeness (QED) is 0.160. The van der Waals surface area contributed by atoms with Crippen LogP contribution in [0, 0.1) is 24.7 Å². The molecule has 0 saturated carbocycles. The molecule has 2 saturated heterocycles. The second-order valence-corrected chi connectivity index (χ2v) is 18.1. The summed E-state index contributed by atoms with van der Waals surface area (Å²) in [6.07, 6.45) is 3.45. The Balaban J connectivity index is 0.736. The number of ether oxygens (including phenoxy) is 2. The highest BCUT2D eigenvalue weighted by atomic mass is 16.5. The van der Waals surface area contributed by atoms with Gasteiger partial charge in [0.25, 0.3) is 17.7 Å². The SMILES string of the molecule is Cc1cc2cc(n1)C1C=NN(C)C1OCCC[C@@H](C)CN1/C(=N/C2=O)Nc2ccc(CN3CCN(CC(=O)NCCOCC#Cc4cccc5c4C(=O)N(C4CCC(=O)NC4=O)C5=O)CC3)cc21. The van der Waals surface area contributed by atoms with Crippen LogP contribution in [-0.2, 0) is 30.4 Å². The van der Waals surface area contributed by atoms with Crippen LogP contribution in [0.3, 0.4) is 0 Å². The van der Waals surface area contributed by atoms with Gasteiger partial charge in [-0.1, -0.05) is 30.9 Å². The van der Waals surface area contributed by atoms with Gasteiger partial charge in [0, 0.05) is 88.9 Å². The highest BCUT2D eigenvalue weighted by molar-refractivity contribution is 6.24. The number of amides is 6. The number of nitrogens with zero attached hydrogens (tertiary/aromatic N) is 8. The third-order valence-corrected chi connectivity index (χ3v) is 13.0. The molecule has 0 radical (unpaired) electrons. The van der Waals surface area contributed by atoms with Crippen molar-refractivity contribution in [3.63, 3.8) is 0 Å². The van der Waals surface area contributed by atoms with Crippen molar-refractivity contribution in [1.82, 2.24) is 35.3 Å². The summed E-state index contributed by atoms with van der Waals surface area (Å²) in [4.78, 5) is 94.1. The number of hydrogen-bond donors (Lipinski definition) is 3. The average Bonchev–Trinajstić information content (AvgIpc) is 3.94. The van der Waals surface area contributed by atoms with Gasteiger partial charge in [-0.15, -0.1) is 0 Å². The molecule has 6 aliphatic rings. The molecule has 2 aromatic carbocycles. The minimum Gasteiger partial charge on any atom is -0.367 e. The Morgan fingerprint density at radius 2 is 1.81 bits per heavy atom. The predicted octanol–water partition coefficient (Wildman–Crippen LogP) is 2.31. The van der Waals surface area contributed by atoms with Crippen molar-refractivity contribution in [3.8, 4) is 11.8 Å². The lowest BCUT2D eigenvalue weighted by Crippen LogP contribution is -2.54. The number of imide groups is 2. The van der Waals surface area contributed by atoms with Crippen LogP contribution >= 0.6 is 0 Å². The standard InChI is InChI=1S/C49H55N11O8/c1-30-7-5-21-68-48-36(26-51-56(48)3)38-25-34(23-31(2)52-38)44(63)55-49-53-37-12-11-32(24-40(37)59(49)27-30)28-57-16-18-58(19-17-57)29-42(62)50-15-22-67-20-6-9-33-8-4-10-35-43(33)47(66)60(46(35)65)39-13-14-41(61)54-45(39)64/h4,8,10-12,23-26,30,36,39,48H,5,7,13-22,27-29H2,1-3H3,(H,50,62)(H,53,55,63)(H,54,61,64)/t30-,36?,39?,48?/m1/s1. The largest absolute Gasteiger partial charge is 0.367 e. The molecule has 1 aromatic heterocycles. The van der Waals surface area contributed by atoms with Crippen LogP contribution < -0.4 is 20.9 Å². The topological polar surface area (TPSA) is 211 Å². The maximum Gasteiger partial charge on any atom is 0.280 e. The molecule has 7 heterocycles. The maximum atomic E-state index is 13.8. The summed E-state index contributed by atoms with van der Waals surface area (Å²) in [5, 5.41) is 14.8. The van der Waals surface area contributed by atoms with Crippen LogP contribution in [0.25, 0.3) is 0 Å². The fourth-order valence-corrected chi connectivity index (χ4v) is 9.51. The minimum absolute atomic E-state index is 0.0328. The molecular weight excluding hydrogens is 871 g/mol. The van der Waals surface area contributed by atoms with Gasteiger partial charge in [0.05, 0.1) is 47.3 Å². The molecule has 9 rings (SSSR count). The van der Waals surface area contributed by atoms with E-state index < -0.39 is 29.7 Å². The zero-order valence-corrected chi connectivity index (χ0v) is 38.5. The summed E-state index contributed by atoms with van der Waals surface area (Å²) in [6, 6.07) is 13.6. The van der Waals surface area contributed by atoms with Crippen molar-refractivity contribution in [1.29, 1.82) is 0 Å². The molecule has 6 amide bonds. The summed E-state index contributed by atoms with van der Waals surface area (Å²) >= 11 is 0. The first kappa shape index (κ1) is 46.3. The number of aromatic nitrogens is 1. The van der Waals surface area contributed by atoms with Gasteiger partial charge in [-0.3, -0.25) is 58.8 Å². The van der Waals surface area contributed by atoms with E-state index in [1.54, 1.807) is 24.3 Å². The number of likely N-dealkylation sites (N-methyl/N-ethyl adjacent to an activating group) is 1. The second-order valence-electron chi connectivity index (χ2n) is 18.1. The van der Waals surface area contributed by atoms with E-state index in [0.29, 0.717) is 36.8 Å². The van der Waals surface area contributed by atoms with Crippen molar-refractivity contribution in [3.05, 3.63) is 87.7 Å². The molecule has 3 aromatic rings. The Hall–Kier alpha value is -6.85. The van der Waals surface area contributed by atoms with Gasteiger partial charge in [-0.25, -0.2) is 0 Å². The number of hydrogen-bond acceptors (Lipinski definition) is 15. The molecule has 3 N–H and O–H groups in total. The number of piperidine rings is 1. The van der Waals surface area contributed by atoms with Gasteiger partial charge in [0.1, 0.15) is 12.6 Å². The van der Waals surface area contributed by atoms with Crippen molar-refractivity contribution < 1.29 is 38.2 Å². The van der Waals surface area contributed by atoms with E-state index in [-0.39, 0.29) is 73.6 Å². The highest BCUT2D eigenvalue weighted by Gasteiger charge is 2.45. The fraction of sp³-hybridized carbons (Fsp3) is 0.449. The molecule has 0 spiro atoms. The van der Waals surface area contributed by atoms with Gasteiger partial charge >= 0.3 is 0 Å². The lowest BCUT2D eigenvalue weighted by molar-refractivity contribution is -0.136. The number of hydrazone groups is 1. The molecular formula is C49H55N11O8. The Bertz CT molecular complexity index is 2650. The number of aliphatic imine (C=N–C) groups is 1. The molecule has 6 aliphatic heterocycles. The maximum absolute atomic E-state index is 13.8. The number of aryl methyl sites for hydroxylation is 1. The monoisotopic (exact) mass is 925 g/mol. The number of carbonyl (C=O) groups is 6. The van der Waals surface area contributed by atoms with Gasteiger partial charge in [0.15, 0.2) is 6.23 Å².